The van der Waals surface area contributed by atoms with Crippen molar-refractivity contribution in [1.29, 1.82) is 0 Å². The number of hydrogen-bond donors (Lipinski definition) is 4. The Balaban J connectivity index is 1.81. The number of carbonyl (C=O) groups is 1. The first-order valence-electron chi connectivity index (χ1n) is 11.8. The van der Waals surface area contributed by atoms with Gasteiger partial charge in [-0.25, -0.2) is 13.8 Å². The molecular formula is C23H33FN5O8P. The van der Waals surface area contributed by atoms with Crippen molar-refractivity contribution < 1.29 is 37.4 Å². The molecule has 15 heteroatoms. The number of aromatic nitrogens is 2. The quantitative estimate of drug-likeness (QED) is 0.229. The number of anilines is 1. The summed E-state index contributed by atoms with van der Waals surface area (Å²) in [4.78, 5) is 28.0. The van der Waals surface area contributed by atoms with Crippen LogP contribution in [-0.4, -0.2) is 63.2 Å². The van der Waals surface area contributed by atoms with Gasteiger partial charge in [0.25, 0.3) is 5.85 Å². The molecule has 1 fully saturated rings. The van der Waals surface area contributed by atoms with Gasteiger partial charge in [-0.2, -0.15) is 4.98 Å². The van der Waals surface area contributed by atoms with E-state index < -0.39 is 61.9 Å². The number of nitrogen functional groups attached to an aromatic ring is 1. The fraction of sp³-hybridized carbons (Fsp3) is 0.522. The molecule has 0 aliphatic carbocycles. The third-order valence-electron chi connectivity index (χ3n) is 5.68. The third kappa shape index (κ3) is 6.76. The van der Waals surface area contributed by atoms with Crippen LogP contribution in [0.2, 0.25) is 0 Å². The van der Waals surface area contributed by atoms with E-state index in [1.54, 1.807) is 32.0 Å². The minimum absolute atomic E-state index is 0.0728. The van der Waals surface area contributed by atoms with Crippen LogP contribution in [0.4, 0.5) is 10.2 Å². The zero-order valence-electron chi connectivity index (χ0n) is 21.4. The Labute approximate surface area is 218 Å². The van der Waals surface area contributed by atoms with Crippen molar-refractivity contribution in [3.63, 3.8) is 0 Å². The first kappa shape index (κ1) is 29.7. The van der Waals surface area contributed by atoms with Crippen LogP contribution >= 0.6 is 7.60 Å². The van der Waals surface area contributed by atoms with Crippen LogP contribution in [0, 0.1) is 0 Å². The van der Waals surface area contributed by atoms with Crippen molar-refractivity contribution in [3.05, 3.63) is 53.1 Å². The van der Waals surface area contributed by atoms with E-state index in [-0.39, 0.29) is 17.7 Å². The van der Waals surface area contributed by atoms with Gasteiger partial charge in [-0.15, -0.1) is 0 Å². The molecule has 1 aliphatic rings. The Morgan fingerprint density at radius 1 is 1.32 bits per heavy atom. The lowest BCUT2D eigenvalue weighted by molar-refractivity contribution is -0.203. The van der Waals surface area contributed by atoms with Crippen molar-refractivity contribution in [2.24, 2.45) is 5.73 Å². The minimum atomic E-state index is -4.23. The van der Waals surface area contributed by atoms with Crippen LogP contribution in [0.1, 0.15) is 33.9 Å². The number of esters is 1. The van der Waals surface area contributed by atoms with Gasteiger partial charge in [0, 0.05) is 6.20 Å². The lowest BCUT2D eigenvalue weighted by atomic mass is 9.92. The van der Waals surface area contributed by atoms with Crippen LogP contribution in [0.5, 0.6) is 5.75 Å². The van der Waals surface area contributed by atoms with E-state index in [1.165, 1.54) is 38.2 Å². The van der Waals surface area contributed by atoms with E-state index >= 15 is 4.39 Å². The predicted octanol–water partition coefficient (Wildman–Crippen LogP) is 1.27. The van der Waals surface area contributed by atoms with Crippen LogP contribution in [0.25, 0.3) is 0 Å². The van der Waals surface area contributed by atoms with E-state index in [9.17, 15) is 19.3 Å². The van der Waals surface area contributed by atoms with E-state index in [0.29, 0.717) is 0 Å². The second kappa shape index (κ2) is 11.5. The first-order chi connectivity index (χ1) is 17.7. The summed E-state index contributed by atoms with van der Waals surface area (Å²) in [7, 11) is -4.23. The van der Waals surface area contributed by atoms with Crippen molar-refractivity contribution in [1.82, 2.24) is 14.9 Å². The Bertz CT molecular complexity index is 1230. The number of benzene rings is 1. The third-order valence-corrected chi connectivity index (χ3v) is 7.26. The van der Waals surface area contributed by atoms with E-state index in [4.69, 9.17) is 30.0 Å². The van der Waals surface area contributed by atoms with Gasteiger partial charge in [0.2, 0.25) is 0 Å². The summed E-state index contributed by atoms with van der Waals surface area (Å²) in [5.74, 6) is -3.53. The van der Waals surface area contributed by atoms with Crippen LogP contribution < -0.4 is 27.0 Å². The maximum absolute atomic E-state index is 16.0. The topological polar surface area (TPSA) is 190 Å². The summed E-state index contributed by atoms with van der Waals surface area (Å²) in [5, 5.41) is 13.4. The summed E-state index contributed by atoms with van der Waals surface area (Å²) in [5.41, 5.74) is 8.95. The van der Waals surface area contributed by atoms with Gasteiger partial charge in [0.05, 0.1) is 11.6 Å². The molecule has 6 N–H and O–H groups in total. The van der Waals surface area contributed by atoms with Gasteiger partial charge in [-0.05, 0) is 45.9 Å². The average Bonchev–Trinajstić information content (AvgIpc) is 3.02. The lowest BCUT2D eigenvalue weighted by Crippen LogP contribution is -2.55. The predicted molar refractivity (Wildman–Crippen MR) is 135 cm³/mol. The highest BCUT2D eigenvalue weighted by molar-refractivity contribution is 7.54. The summed E-state index contributed by atoms with van der Waals surface area (Å²) in [6.07, 6.45) is -3.23. The zero-order chi connectivity index (χ0) is 28.3. The molecule has 0 amide bonds. The molecule has 2 aromatic rings. The Morgan fingerprint density at radius 3 is 2.58 bits per heavy atom. The molecule has 1 unspecified atom stereocenters. The number of halogens is 1. The SMILES string of the molecule is CC(C)OC(=O)[C@H](C)NCP(=O)(OC[C@@]1(F)O[C@@H](n2ccc(N)nc2=O)[C@](C)(N)[C@@H]1O)Oc1ccccc1. The Kier molecular flexibility index (Phi) is 8.97. The second-order valence-electron chi connectivity index (χ2n) is 9.43. The highest BCUT2D eigenvalue weighted by atomic mass is 31.2. The molecular weight excluding hydrogens is 524 g/mol. The molecule has 0 radical (unpaired) electrons. The number of nitrogens with two attached hydrogens (primary N) is 2. The first-order valence-corrected chi connectivity index (χ1v) is 13.5. The minimum Gasteiger partial charge on any atom is -0.462 e. The highest BCUT2D eigenvalue weighted by Gasteiger charge is 2.62. The zero-order valence-corrected chi connectivity index (χ0v) is 22.3. The van der Waals surface area contributed by atoms with Crippen LogP contribution in [-0.2, 0) is 23.4 Å². The number of ether oxygens (including phenoxy) is 2. The Morgan fingerprint density at radius 2 is 1.97 bits per heavy atom. The maximum atomic E-state index is 16.0. The fourth-order valence-corrected chi connectivity index (χ4v) is 5.17. The molecule has 2 heterocycles. The number of nitrogens with zero attached hydrogens (tertiary/aromatic N) is 2. The molecule has 3 rings (SSSR count). The maximum Gasteiger partial charge on any atom is 0.393 e. The summed E-state index contributed by atoms with van der Waals surface area (Å²) < 4.78 is 52.0. The van der Waals surface area contributed by atoms with Crippen molar-refractivity contribution in [2.75, 3.05) is 18.6 Å². The lowest BCUT2D eigenvalue weighted by Gasteiger charge is -2.29. The molecule has 1 aromatic carbocycles. The number of aliphatic hydroxyl groups excluding tert-OH is 1. The number of rotatable bonds is 11. The molecule has 13 nitrogen and oxygen atoms in total. The number of alkyl halides is 1. The molecule has 1 aliphatic heterocycles. The normalized spacial score (nSPS) is 27.6. The Hall–Kier alpha value is -2.87. The van der Waals surface area contributed by atoms with E-state index in [0.717, 1.165) is 4.57 Å². The van der Waals surface area contributed by atoms with Gasteiger partial charge in [-0.1, -0.05) is 18.2 Å². The fourth-order valence-electron chi connectivity index (χ4n) is 3.65. The molecule has 1 aromatic heterocycles. The smallest absolute Gasteiger partial charge is 0.393 e. The summed E-state index contributed by atoms with van der Waals surface area (Å²) in [6.45, 7) is 5.03. The number of para-hydroxylation sites is 1. The summed E-state index contributed by atoms with van der Waals surface area (Å²) in [6, 6.07) is 8.34. The van der Waals surface area contributed by atoms with Gasteiger partial charge in [-0.3, -0.25) is 19.2 Å². The van der Waals surface area contributed by atoms with E-state index in [1.807, 2.05) is 0 Å². The molecule has 1 saturated heterocycles. The number of hydrogen-bond acceptors (Lipinski definition) is 12. The summed E-state index contributed by atoms with van der Waals surface area (Å²) >= 11 is 0. The van der Waals surface area contributed by atoms with Crippen LogP contribution in [0.3, 0.4) is 0 Å². The standard InChI is InChI=1S/C23H33FN5O8P/c1-14(2)35-18(30)15(3)27-13-38(33,37-16-8-6-5-7-9-16)34-12-23(24)19(31)22(4,26)20(36-23)29-11-10-17(25)28-21(29)32/h5-11,14-15,19-20,27,31H,12-13,26H2,1-4H3,(H2,25,28,32)/t15-,19-,20+,22+,23+,38?/m0/s1. The number of aliphatic hydroxyl groups is 1. The van der Waals surface area contributed by atoms with Gasteiger partial charge in [0.1, 0.15) is 36.6 Å². The van der Waals surface area contributed by atoms with Gasteiger partial charge < -0.3 is 30.6 Å². The van der Waals surface area contributed by atoms with Crippen molar-refractivity contribution in [2.45, 2.75) is 63.6 Å². The monoisotopic (exact) mass is 557 g/mol. The van der Waals surface area contributed by atoms with Gasteiger partial charge >= 0.3 is 19.3 Å². The van der Waals surface area contributed by atoms with Crippen molar-refractivity contribution >= 4 is 19.4 Å². The average molecular weight is 558 g/mol. The van der Waals surface area contributed by atoms with Gasteiger partial charge in [0.15, 0.2) is 6.23 Å². The van der Waals surface area contributed by atoms with Crippen LogP contribution in [0.15, 0.2) is 47.4 Å². The second-order valence-corrected chi connectivity index (χ2v) is 11.4. The molecule has 0 bridgehead atoms. The molecule has 6 atom stereocenters. The molecule has 210 valence electrons. The number of nitrogens with one attached hydrogen (secondary N) is 1. The van der Waals surface area contributed by atoms with E-state index in [2.05, 4.69) is 10.3 Å². The number of carbonyl (C=O) groups excluding carboxylic acids is 1. The highest BCUT2D eigenvalue weighted by Crippen LogP contribution is 2.51. The largest absolute Gasteiger partial charge is 0.462 e. The molecule has 0 saturated carbocycles. The molecule has 0 spiro atoms. The van der Waals surface area contributed by atoms with Crippen molar-refractivity contribution in [3.8, 4) is 5.75 Å². The molecule has 38 heavy (non-hydrogen) atoms.